The van der Waals surface area contributed by atoms with Gasteiger partial charge in [0.2, 0.25) is 0 Å². The molecule has 0 fully saturated rings. The zero-order chi connectivity index (χ0) is 22.2. The van der Waals surface area contributed by atoms with Crippen molar-refractivity contribution in [3.8, 4) is 0 Å². The van der Waals surface area contributed by atoms with Crippen molar-refractivity contribution in [2.75, 3.05) is 19.8 Å². The Morgan fingerprint density at radius 1 is 0.926 bits per heavy atom. The Labute approximate surface area is 157 Å². The van der Waals surface area contributed by atoms with E-state index < -0.39 is 49.1 Å². The van der Waals surface area contributed by atoms with Gasteiger partial charge in [0.1, 0.15) is 36.6 Å². The quantitative estimate of drug-likeness (QED) is 0.155. The van der Waals surface area contributed by atoms with E-state index >= 15 is 0 Å². The van der Waals surface area contributed by atoms with Gasteiger partial charge in [-0.3, -0.25) is 4.79 Å². The first-order valence-corrected chi connectivity index (χ1v) is 8.05. The summed E-state index contributed by atoms with van der Waals surface area (Å²) in [4.78, 5) is 20.0. The van der Waals surface area contributed by atoms with Crippen LogP contribution in [0.25, 0.3) is 0 Å². The number of aliphatic hydroxyl groups is 8. The molecule has 0 saturated heterocycles. The summed E-state index contributed by atoms with van der Waals surface area (Å²) in [5.74, 6) is -0.556. The molecule has 0 radical (unpaired) electrons. The maximum absolute atomic E-state index is 10.1. The number of aldehydes is 1. The predicted molar refractivity (Wildman–Crippen MR) is 92.4 cm³/mol. The summed E-state index contributed by atoms with van der Waals surface area (Å²) in [5.41, 5.74) is 5.22. The molecule has 0 aliphatic heterocycles. The van der Waals surface area contributed by atoms with Crippen LogP contribution in [0.2, 0.25) is 0 Å². The van der Waals surface area contributed by atoms with Gasteiger partial charge in [0, 0.05) is 0 Å². The fourth-order valence-corrected chi connectivity index (χ4v) is 1.28. The molecule has 12 heteroatoms. The molecule has 0 aliphatic carbocycles. The van der Waals surface area contributed by atoms with E-state index in [0.29, 0.717) is 12.3 Å². The van der Waals surface area contributed by atoms with Crippen molar-refractivity contribution in [2.24, 2.45) is 11.7 Å². The van der Waals surface area contributed by atoms with E-state index in [-0.39, 0.29) is 19.5 Å². The van der Waals surface area contributed by atoms with Crippen LogP contribution in [0.4, 0.5) is 0 Å². The van der Waals surface area contributed by atoms with Crippen LogP contribution in [0.3, 0.4) is 0 Å². The number of carboxylic acid groups (broad SMARTS) is 1. The third-order valence-corrected chi connectivity index (χ3v) is 2.88. The van der Waals surface area contributed by atoms with Gasteiger partial charge in [0.25, 0.3) is 0 Å². The fourth-order valence-electron chi connectivity index (χ4n) is 1.28. The number of aliphatic hydroxyl groups excluding tert-OH is 8. The number of rotatable bonds is 10. The van der Waals surface area contributed by atoms with Crippen LogP contribution in [-0.2, 0) is 9.59 Å². The van der Waals surface area contributed by atoms with Crippen molar-refractivity contribution < 1.29 is 55.5 Å². The van der Waals surface area contributed by atoms with Gasteiger partial charge in [0.15, 0.2) is 6.29 Å². The lowest BCUT2D eigenvalue weighted by Crippen LogP contribution is -2.46. The number of hydrogen-bond donors (Lipinski definition) is 10. The third-order valence-electron chi connectivity index (χ3n) is 2.88. The highest BCUT2D eigenvalue weighted by molar-refractivity contribution is 5.72. The highest BCUT2D eigenvalue weighted by atomic mass is 16.4. The van der Waals surface area contributed by atoms with Crippen LogP contribution in [0.5, 0.6) is 0 Å². The molecule has 0 saturated carbocycles. The maximum atomic E-state index is 10.1. The second-order valence-corrected chi connectivity index (χ2v) is 5.95. The van der Waals surface area contributed by atoms with E-state index in [4.69, 9.17) is 51.7 Å². The summed E-state index contributed by atoms with van der Waals surface area (Å²) in [7, 11) is 0. The summed E-state index contributed by atoms with van der Waals surface area (Å²) in [5, 5.41) is 75.9. The molecule has 0 amide bonds. The highest BCUT2D eigenvalue weighted by Gasteiger charge is 2.29. The molecular weight excluding hydrogens is 370 g/mol. The summed E-state index contributed by atoms with van der Waals surface area (Å²) < 4.78 is 0. The minimum absolute atomic E-state index is 0.0258. The molecule has 5 atom stereocenters. The second-order valence-electron chi connectivity index (χ2n) is 5.95. The van der Waals surface area contributed by atoms with Crippen molar-refractivity contribution in [2.45, 2.75) is 56.8 Å². The smallest absolute Gasteiger partial charge is 0.320 e. The molecule has 12 nitrogen and oxygen atoms in total. The van der Waals surface area contributed by atoms with E-state index in [9.17, 15) is 9.59 Å². The van der Waals surface area contributed by atoms with Gasteiger partial charge in [0.05, 0.1) is 19.8 Å². The molecule has 0 aliphatic rings. The van der Waals surface area contributed by atoms with E-state index in [1.807, 2.05) is 13.8 Å². The van der Waals surface area contributed by atoms with Crippen molar-refractivity contribution in [1.29, 1.82) is 0 Å². The van der Waals surface area contributed by atoms with E-state index in [1.54, 1.807) is 0 Å². The second kappa shape index (κ2) is 18.2. The number of nitrogens with two attached hydrogens (primary N) is 1. The molecule has 11 N–H and O–H groups in total. The van der Waals surface area contributed by atoms with Crippen LogP contribution in [0.15, 0.2) is 0 Å². The molecule has 0 spiro atoms. The van der Waals surface area contributed by atoms with Crippen molar-refractivity contribution in [3.05, 3.63) is 0 Å². The summed E-state index contributed by atoms with van der Waals surface area (Å²) in [6.07, 6.45) is -7.24. The lowest BCUT2D eigenvalue weighted by Gasteiger charge is -2.22. The zero-order valence-electron chi connectivity index (χ0n) is 15.4. The van der Waals surface area contributed by atoms with Crippen LogP contribution in [0.1, 0.15) is 20.3 Å². The molecule has 27 heavy (non-hydrogen) atoms. The first kappa shape index (κ1) is 30.5. The van der Waals surface area contributed by atoms with Crippen molar-refractivity contribution in [1.82, 2.24) is 0 Å². The molecule has 164 valence electrons. The zero-order valence-corrected chi connectivity index (χ0v) is 15.4. The van der Waals surface area contributed by atoms with Gasteiger partial charge in [-0.15, -0.1) is 0 Å². The summed E-state index contributed by atoms with van der Waals surface area (Å²) in [6.45, 7) is 2.41. The monoisotopic (exact) mass is 403 g/mol. The standard InChI is InChI=1S/C6H13NO2.C6H12O6.C3H8O3/c1-4(2)3-5(7)6(8)9;7-1-3(9)5(11)6(12)4(10)2-8;4-1-3(6)2-5/h4-5H,3,7H2,1-2H3,(H,8,9);1,3-6,8-12H,2H2;3-6H,1-2H2/t5-;3-,4+,5+,6+;/m00./s1. The van der Waals surface area contributed by atoms with Crippen LogP contribution in [0, 0.1) is 5.92 Å². The molecule has 0 aromatic heterocycles. The Balaban J connectivity index is -0.000000340. The number of aliphatic carboxylic acids is 1. The lowest BCUT2D eigenvalue weighted by atomic mass is 10.0. The topological polar surface area (TPSA) is 242 Å². The average Bonchev–Trinajstić information content (AvgIpc) is 2.64. The molecule has 0 aromatic rings. The van der Waals surface area contributed by atoms with Gasteiger partial charge in [-0.2, -0.15) is 0 Å². The van der Waals surface area contributed by atoms with E-state index in [1.165, 1.54) is 0 Å². The predicted octanol–water partition coefficient (Wildman–Crippen LogP) is -4.60. The molecular formula is C15H33NO11. The third kappa shape index (κ3) is 17.9. The normalized spacial score (nSPS) is 16.2. The summed E-state index contributed by atoms with van der Waals surface area (Å²) >= 11 is 0. The highest BCUT2D eigenvalue weighted by Crippen LogP contribution is 2.03. The van der Waals surface area contributed by atoms with Gasteiger partial charge >= 0.3 is 5.97 Å². The van der Waals surface area contributed by atoms with Crippen LogP contribution in [-0.4, -0.2) is 115 Å². The molecule has 0 unspecified atom stereocenters. The van der Waals surface area contributed by atoms with Gasteiger partial charge in [-0.25, -0.2) is 0 Å². The van der Waals surface area contributed by atoms with E-state index in [2.05, 4.69) is 0 Å². The SMILES string of the molecule is CC(C)C[C@H](N)C(=O)O.O=C[C@H](O)[C@@H](O)[C@H](O)[C@H](O)CO.OCC(O)CO. The molecule has 0 bridgehead atoms. The molecule has 0 heterocycles. The largest absolute Gasteiger partial charge is 0.480 e. The minimum Gasteiger partial charge on any atom is -0.480 e. The number of carbonyl (C=O) groups excluding carboxylic acids is 1. The Morgan fingerprint density at radius 3 is 1.56 bits per heavy atom. The molecule has 0 aromatic carbocycles. The Hall–Kier alpha value is -1.22. The fraction of sp³-hybridized carbons (Fsp3) is 0.867. The van der Waals surface area contributed by atoms with Gasteiger partial charge in [-0.1, -0.05) is 13.8 Å². The van der Waals surface area contributed by atoms with Crippen molar-refractivity contribution >= 4 is 12.3 Å². The maximum Gasteiger partial charge on any atom is 0.320 e. The molecule has 0 rings (SSSR count). The Kier molecular flexibility index (Phi) is 20.5. The van der Waals surface area contributed by atoms with Crippen LogP contribution >= 0.6 is 0 Å². The number of carbonyl (C=O) groups is 2. The van der Waals surface area contributed by atoms with Gasteiger partial charge < -0.3 is 56.5 Å². The lowest BCUT2D eigenvalue weighted by molar-refractivity contribution is -0.139. The Bertz CT molecular complexity index is 366. The Morgan fingerprint density at radius 2 is 1.37 bits per heavy atom. The minimum atomic E-state index is -1.79. The number of hydrogen-bond acceptors (Lipinski definition) is 11. The average molecular weight is 403 g/mol. The van der Waals surface area contributed by atoms with Crippen LogP contribution < -0.4 is 5.73 Å². The first-order chi connectivity index (χ1) is 12.4. The number of carboxylic acids is 1. The first-order valence-electron chi connectivity index (χ1n) is 8.05. The van der Waals surface area contributed by atoms with Crippen molar-refractivity contribution in [3.63, 3.8) is 0 Å². The van der Waals surface area contributed by atoms with Gasteiger partial charge in [-0.05, 0) is 12.3 Å². The summed E-state index contributed by atoms with van der Waals surface area (Å²) in [6, 6.07) is -0.690. The van der Waals surface area contributed by atoms with E-state index in [0.717, 1.165) is 0 Å².